The normalized spacial score (nSPS) is 10.8. The number of methoxy groups -OCH3 is 1. The molecule has 7 heteroatoms. The number of rotatable bonds is 4. The fraction of sp³-hybridized carbons (Fsp3) is 0.308. The number of ether oxygens (including phenoxy) is 1. The Morgan fingerprint density at radius 3 is 2.60 bits per heavy atom. The lowest BCUT2D eigenvalue weighted by Crippen LogP contribution is -2.26. The van der Waals surface area contributed by atoms with Crippen LogP contribution in [0.25, 0.3) is 5.69 Å². The van der Waals surface area contributed by atoms with Gasteiger partial charge in [0.1, 0.15) is 5.75 Å². The van der Waals surface area contributed by atoms with Gasteiger partial charge in [0, 0.05) is 12.1 Å². The van der Waals surface area contributed by atoms with Crippen LogP contribution < -0.4 is 10.4 Å². The van der Waals surface area contributed by atoms with Gasteiger partial charge >= 0.3 is 11.7 Å². The molecule has 0 saturated heterocycles. The fourth-order valence-corrected chi connectivity index (χ4v) is 1.90. The first-order chi connectivity index (χ1) is 9.45. The smallest absolute Gasteiger partial charge is 0.374 e. The summed E-state index contributed by atoms with van der Waals surface area (Å²) in [4.78, 5) is 23.5. The minimum Gasteiger partial charge on any atom is -0.497 e. The molecule has 1 aromatic carbocycles. The van der Waals surface area contributed by atoms with E-state index in [1.807, 2.05) is 0 Å². The van der Waals surface area contributed by atoms with E-state index >= 15 is 0 Å². The third-order valence-corrected chi connectivity index (χ3v) is 2.82. The van der Waals surface area contributed by atoms with E-state index in [1.165, 1.54) is 7.11 Å². The Hall–Kier alpha value is -2.57. The van der Waals surface area contributed by atoms with Crippen LogP contribution in [0, 0.1) is 0 Å². The van der Waals surface area contributed by atoms with Crippen LogP contribution >= 0.6 is 0 Å². The van der Waals surface area contributed by atoms with Gasteiger partial charge in [-0.15, -0.1) is 5.10 Å². The van der Waals surface area contributed by atoms with Crippen molar-refractivity contribution in [3.63, 3.8) is 0 Å². The summed E-state index contributed by atoms with van der Waals surface area (Å²) in [5.74, 6) is -0.962. The molecule has 0 fully saturated rings. The molecule has 1 aromatic heterocycles. The SMILES string of the molecule is COc1cccc(-n2nc(C(=O)O)n(C(C)C)c2=O)c1. The molecule has 0 saturated carbocycles. The number of carbonyl (C=O) groups is 1. The lowest BCUT2D eigenvalue weighted by atomic mass is 10.3. The Morgan fingerprint density at radius 1 is 1.40 bits per heavy atom. The standard InChI is InChI=1S/C13H15N3O4/c1-8(2)15-11(12(17)18)14-16(13(15)19)9-5-4-6-10(7-9)20-3/h4-8H,1-3H3,(H,17,18). The van der Waals surface area contributed by atoms with Crippen molar-refractivity contribution >= 4 is 5.97 Å². The molecular formula is C13H15N3O4. The number of carboxylic acid groups (broad SMARTS) is 1. The van der Waals surface area contributed by atoms with Gasteiger partial charge in [0.15, 0.2) is 0 Å². The van der Waals surface area contributed by atoms with Crippen LogP contribution in [-0.4, -0.2) is 32.5 Å². The summed E-state index contributed by atoms with van der Waals surface area (Å²) in [5.41, 5.74) is -0.0399. The second kappa shape index (κ2) is 5.20. The fourth-order valence-electron chi connectivity index (χ4n) is 1.90. The summed E-state index contributed by atoms with van der Waals surface area (Å²) in [6, 6.07) is 6.41. The van der Waals surface area contributed by atoms with Crippen LogP contribution in [0.3, 0.4) is 0 Å². The second-order valence-corrected chi connectivity index (χ2v) is 4.49. The highest BCUT2D eigenvalue weighted by Gasteiger charge is 2.21. The number of hydrogen-bond acceptors (Lipinski definition) is 4. The number of nitrogens with zero attached hydrogens (tertiary/aromatic N) is 3. The molecule has 0 amide bonds. The quantitative estimate of drug-likeness (QED) is 0.910. The van der Waals surface area contributed by atoms with Gasteiger partial charge in [-0.2, -0.15) is 4.68 Å². The Kier molecular flexibility index (Phi) is 3.60. The number of benzene rings is 1. The average Bonchev–Trinajstić information content (AvgIpc) is 2.77. The van der Waals surface area contributed by atoms with Crippen LogP contribution in [-0.2, 0) is 0 Å². The van der Waals surface area contributed by atoms with Crippen molar-refractivity contribution in [2.75, 3.05) is 7.11 Å². The summed E-state index contributed by atoms with van der Waals surface area (Å²) in [6.07, 6.45) is 0. The Morgan fingerprint density at radius 2 is 2.10 bits per heavy atom. The van der Waals surface area contributed by atoms with E-state index in [1.54, 1.807) is 38.1 Å². The van der Waals surface area contributed by atoms with E-state index in [0.29, 0.717) is 11.4 Å². The van der Waals surface area contributed by atoms with Crippen molar-refractivity contribution in [1.29, 1.82) is 0 Å². The maximum atomic E-state index is 12.3. The molecule has 1 heterocycles. The van der Waals surface area contributed by atoms with Crippen molar-refractivity contribution in [3.05, 3.63) is 40.6 Å². The molecule has 7 nitrogen and oxygen atoms in total. The van der Waals surface area contributed by atoms with E-state index < -0.39 is 11.7 Å². The van der Waals surface area contributed by atoms with Crippen LogP contribution in [0.4, 0.5) is 0 Å². The molecule has 0 spiro atoms. The van der Waals surface area contributed by atoms with E-state index in [9.17, 15) is 9.59 Å². The molecule has 1 N–H and O–H groups in total. The van der Waals surface area contributed by atoms with Crippen LogP contribution in [0.2, 0.25) is 0 Å². The number of carboxylic acids is 1. The number of hydrogen-bond donors (Lipinski definition) is 1. The zero-order valence-corrected chi connectivity index (χ0v) is 11.4. The number of aromatic carboxylic acids is 1. The van der Waals surface area contributed by atoms with Gasteiger partial charge < -0.3 is 9.84 Å². The highest BCUT2D eigenvalue weighted by Crippen LogP contribution is 2.15. The zero-order valence-electron chi connectivity index (χ0n) is 11.4. The maximum absolute atomic E-state index is 12.3. The van der Waals surface area contributed by atoms with Crippen LogP contribution in [0.1, 0.15) is 30.5 Å². The minimum atomic E-state index is -1.24. The minimum absolute atomic E-state index is 0.284. The van der Waals surface area contributed by atoms with Gasteiger partial charge in [-0.1, -0.05) is 6.07 Å². The Labute approximate surface area is 115 Å². The predicted molar refractivity (Wildman–Crippen MR) is 71.7 cm³/mol. The van der Waals surface area contributed by atoms with Gasteiger partial charge in [-0.25, -0.2) is 9.59 Å². The molecule has 106 valence electrons. The summed E-state index contributed by atoms with van der Waals surface area (Å²) in [6.45, 7) is 3.46. The summed E-state index contributed by atoms with van der Waals surface area (Å²) < 4.78 is 7.28. The molecule has 0 bridgehead atoms. The van der Waals surface area contributed by atoms with Gasteiger partial charge in [0.05, 0.1) is 12.8 Å². The topological polar surface area (TPSA) is 86.3 Å². The predicted octanol–water partition coefficient (Wildman–Crippen LogP) is 1.32. The van der Waals surface area contributed by atoms with E-state index in [2.05, 4.69) is 5.10 Å². The van der Waals surface area contributed by atoms with Crippen molar-refractivity contribution in [3.8, 4) is 11.4 Å². The second-order valence-electron chi connectivity index (χ2n) is 4.49. The van der Waals surface area contributed by atoms with Crippen molar-refractivity contribution in [2.24, 2.45) is 0 Å². The monoisotopic (exact) mass is 277 g/mol. The molecule has 0 aliphatic heterocycles. The maximum Gasteiger partial charge on any atom is 0.374 e. The van der Waals surface area contributed by atoms with Crippen molar-refractivity contribution in [2.45, 2.75) is 19.9 Å². The lowest BCUT2D eigenvalue weighted by molar-refractivity contribution is 0.0675. The largest absolute Gasteiger partial charge is 0.497 e. The average molecular weight is 277 g/mol. The first kappa shape index (κ1) is 13.9. The highest BCUT2D eigenvalue weighted by atomic mass is 16.5. The summed E-state index contributed by atoms with van der Waals surface area (Å²) >= 11 is 0. The van der Waals surface area contributed by atoms with Gasteiger partial charge in [0.2, 0.25) is 5.82 Å². The van der Waals surface area contributed by atoms with Gasteiger partial charge in [-0.3, -0.25) is 4.57 Å². The summed E-state index contributed by atoms with van der Waals surface area (Å²) in [5, 5.41) is 13.0. The van der Waals surface area contributed by atoms with Crippen LogP contribution in [0.5, 0.6) is 5.75 Å². The molecule has 2 aromatic rings. The molecule has 20 heavy (non-hydrogen) atoms. The van der Waals surface area contributed by atoms with Crippen molar-refractivity contribution in [1.82, 2.24) is 14.3 Å². The van der Waals surface area contributed by atoms with Gasteiger partial charge in [0.25, 0.3) is 0 Å². The van der Waals surface area contributed by atoms with Crippen molar-refractivity contribution < 1.29 is 14.6 Å². The third kappa shape index (κ3) is 2.29. The number of aromatic nitrogens is 3. The lowest BCUT2D eigenvalue weighted by Gasteiger charge is -2.05. The zero-order chi connectivity index (χ0) is 14.9. The van der Waals surface area contributed by atoms with E-state index in [-0.39, 0.29) is 11.9 Å². The first-order valence-electron chi connectivity index (χ1n) is 6.05. The van der Waals surface area contributed by atoms with E-state index in [0.717, 1.165) is 9.25 Å². The summed E-state index contributed by atoms with van der Waals surface area (Å²) in [7, 11) is 1.51. The Bertz CT molecular complexity index is 700. The molecule has 0 atom stereocenters. The van der Waals surface area contributed by atoms with Crippen LogP contribution in [0.15, 0.2) is 29.1 Å². The third-order valence-electron chi connectivity index (χ3n) is 2.82. The molecule has 0 radical (unpaired) electrons. The first-order valence-corrected chi connectivity index (χ1v) is 6.05. The molecule has 0 aliphatic carbocycles. The molecular weight excluding hydrogens is 262 g/mol. The van der Waals surface area contributed by atoms with Gasteiger partial charge in [-0.05, 0) is 26.0 Å². The van der Waals surface area contributed by atoms with E-state index in [4.69, 9.17) is 9.84 Å². The Balaban J connectivity index is 2.66. The molecule has 0 aliphatic rings. The molecule has 0 unspecified atom stereocenters. The molecule has 2 rings (SSSR count). The highest BCUT2D eigenvalue weighted by molar-refractivity contribution is 5.83.